The molecule has 0 aliphatic carbocycles. The van der Waals surface area contributed by atoms with Crippen molar-refractivity contribution < 1.29 is 14.0 Å². The standard InChI is InChI=1S/C17H21N3O3/c1-2-10-18-16(22)12-19-15(21)8-9-17-20-11-14(23-17)13-6-4-3-5-7-13/h3-7,11H,2,8-10,12H2,1H3,(H,18,22)(H,19,21). The predicted octanol–water partition coefficient (Wildman–Crippen LogP) is 1.92. The van der Waals surface area contributed by atoms with Crippen LogP contribution in [-0.4, -0.2) is 29.9 Å². The maximum absolute atomic E-state index is 11.7. The summed E-state index contributed by atoms with van der Waals surface area (Å²) in [6, 6.07) is 9.66. The van der Waals surface area contributed by atoms with E-state index < -0.39 is 0 Å². The summed E-state index contributed by atoms with van der Waals surface area (Å²) in [4.78, 5) is 27.3. The van der Waals surface area contributed by atoms with Crippen LogP contribution in [0.4, 0.5) is 0 Å². The summed E-state index contributed by atoms with van der Waals surface area (Å²) in [5, 5.41) is 5.28. The fourth-order valence-electron chi connectivity index (χ4n) is 1.98. The van der Waals surface area contributed by atoms with Gasteiger partial charge >= 0.3 is 0 Å². The maximum Gasteiger partial charge on any atom is 0.239 e. The molecule has 6 heteroatoms. The molecule has 6 nitrogen and oxygen atoms in total. The Bertz CT molecular complexity index is 638. The third kappa shape index (κ3) is 5.58. The van der Waals surface area contributed by atoms with Crippen molar-refractivity contribution in [2.24, 2.45) is 0 Å². The number of hydrogen-bond donors (Lipinski definition) is 2. The average molecular weight is 315 g/mol. The van der Waals surface area contributed by atoms with Crippen LogP contribution < -0.4 is 10.6 Å². The van der Waals surface area contributed by atoms with Crippen molar-refractivity contribution in [1.29, 1.82) is 0 Å². The summed E-state index contributed by atoms with van der Waals surface area (Å²) in [6.45, 7) is 2.59. The van der Waals surface area contributed by atoms with Gasteiger partial charge in [-0.25, -0.2) is 4.98 Å². The first kappa shape index (κ1) is 16.7. The minimum Gasteiger partial charge on any atom is -0.441 e. The SMILES string of the molecule is CCCNC(=O)CNC(=O)CCc1ncc(-c2ccccc2)o1. The molecule has 0 aliphatic heterocycles. The number of oxazole rings is 1. The number of carbonyl (C=O) groups excluding carboxylic acids is 2. The molecule has 1 aromatic heterocycles. The van der Waals surface area contributed by atoms with E-state index in [-0.39, 0.29) is 24.8 Å². The minimum atomic E-state index is -0.198. The molecule has 0 radical (unpaired) electrons. The van der Waals surface area contributed by atoms with E-state index >= 15 is 0 Å². The van der Waals surface area contributed by atoms with Gasteiger partial charge in [0.05, 0.1) is 12.7 Å². The first-order chi connectivity index (χ1) is 11.2. The fraction of sp³-hybridized carbons (Fsp3) is 0.353. The van der Waals surface area contributed by atoms with E-state index in [1.165, 1.54) is 0 Å². The van der Waals surface area contributed by atoms with Gasteiger partial charge in [0.2, 0.25) is 11.8 Å². The first-order valence-electron chi connectivity index (χ1n) is 7.72. The van der Waals surface area contributed by atoms with E-state index in [1.807, 2.05) is 37.3 Å². The number of nitrogens with zero attached hydrogens (tertiary/aromatic N) is 1. The van der Waals surface area contributed by atoms with Crippen molar-refractivity contribution in [3.8, 4) is 11.3 Å². The van der Waals surface area contributed by atoms with Crippen LogP contribution in [0.2, 0.25) is 0 Å². The van der Waals surface area contributed by atoms with E-state index in [0.29, 0.717) is 24.6 Å². The van der Waals surface area contributed by atoms with Gasteiger partial charge in [0.25, 0.3) is 0 Å². The van der Waals surface area contributed by atoms with Crippen molar-refractivity contribution in [3.63, 3.8) is 0 Å². The van der Waals surface area contributed by atoms with Gasteiger partial charge in [-0.15, -0.1) is 0 Å². The molecule has 122 valence electrons. The molecule has 0 unspecified atom stereocenters. The van der Waals surface area contributed by atoms with Crippen molar-refractivity contribution in [3.05, 3.63) is 42.4 Å². The largest absolute Gasteiger partial charge is 0.441 e. The maximum atomic E-state index is 11.7. The molecular formula is C17H21N3O3. The Labute approximate surface area is 135 Å². The van der Waals surface area contributed by atoms with E-state index in [4.69, 9.17) is 4.42 Å². The molecule has 2 aromatic rings. The lowest BCUT2D eigenvalue weighted by atomic mass is 10.2. The summed E-state index contributed by atoms with van der Waals surface area (Å²) in [6.07, 6.45) is 3.15. The highest BCUT2D eigenvalue weighted by molar-refractivity contribution is 5.84. The van der Waals surface area contributed by atoms with Crippen molar-refractivity contribution in [2.75, 3.05) is 13.1 Å². The third-order valence-electron chi connectivity index (χ3n) is 3.20. The zero-order chi connectivity index (χ0) is 16.5. The molecule has 2 amide bonds. The highest BCUT2D eigenvalue weighted by Gasteiger charge is 2.09. The Balaban J connectivity index is 1.75. The van der Waals surface area contributed by atoms with E-state index in [9.17, 15) is 9.59 Å². The van der Waals surface area contributed by atoms with Crippen molar-refractivity contribution >= 4 is 11.8 Å². The summed E-state index contributed by atoms with van der Waals surface area (Å²) < 4.78 is 5.63. The van der Waals surface area contributed by atoms with Crippen molar-refractivity contribution in [2.45, 2.75) is 26.2 Å². The fourth-order valence-corrected chi connectivity index (χ4v) is 1.98. The van der Waals surface area contributed by atoms with Crippen LogP contribution in [0.25, 0.3) is 11.3 Å². The Morgan fingerprint density at radius 2 is 1.91 bits per heavy atom. The number of benzene rings is 1. The van der Waals surface area contributed by atoms with Crippen LogP contribution in [-0.2, 0) is 16.0 Å². The van der Waals surface area contributed by atoms with Gasteiger partial charge in [-0.05, 0) is 6.42 Å². The number of hydrogen-bond acceptors (Lipinski definition) is 4. The highest BCUT2D eigenvalue weighted by Crippen LogP contribution is 2.20. The van der Waals surface area contributed by atoms with Crippen LogP contribution in [0.5, 0.6) is 0 Å². The third-order valence-corrected chi connectivity index (χ3v) is 3.20. The monoisotopic (exact) mass is 315 g/mol. The van der Waals surface area contributed by atoms with Crippen LogP contribution >= 0.6 is 0 Å². The Morgan fingerprint density at radius 3 is 2.65 bits per heavy atom. The van der Waals surface area contributed by atoms with E-state index in [1.54, 1.807) is 6.20 Å². The minimum absolute atomic E-state index is 0.000315. The molecule has 0 spiro atoms. The zero-order valence-corrected chi connectivity index (χ0v) is 13.2. The van der Waals surface area contributed by atoms with Crippen molar-refractivity contribution in [1.82, 2.24) is 15.6 Å². The number of aryl methyl sites for hydroxylation is 1. The molecule has 0 aliphatic rings. The lowest BCUT2D eigenvalue weighted by molar-refractivity contribution is -0.126. The number of nitrogens with one attached hydrogen (secondary N) is 2. The van der Waals surface area contributed by atoms with Gasteiger partial charge in [-0.2, -0.15) is 0 Å². The van der Waals surface area contributed by atoms with Gasteiger partial charge in [-0.3, -0.25) is 9.59 Å². The number of amides is 2. The van der Waals surface area contributed by atoms with E-state index in [2.05, 4.69) is 15.6 Å². The first-order valence-corrected chi connectivity index (χ1v) is 7.72. The number of carbonyl (C=O) groups is 2. The molecule has 0 saturated heterocycles. The van der Waals surface area contributed by atoms with Gasteiger partial charge < -0.3 is 15.1 Å². The van der Waals surface area contributed by atoms with Crippen LogP contribution in [0.15, 0.2) is 40.9 Å². The molecule has 0 bridgehead atoms. The highest BCUT2D eigenvalue weighted by atomic mass is 16.4. The second-order valence-corrected chi connectivity index (χ2v) is 5.11. The Hall–Kier alpha value is -2.63. The molecule has 2 N–H and O–H groups in total. The van der Waals surface area contributed by atoms with Crippen LogP contribution in [0.1, 0.15) is 25.7 Å². The number of rotatable bonds is 8. The summed E-state index contributed by atoms with van der Waals surface area (Å²) in [5.74, 6) is 0.813. The zero-order valence-electron chi connectivity index (χ0n) is 13.2. The van der Waals surface area contributed by atoms with Gasteiger partial charge in [0.15, 0.2) is 11.7 Å². The second-order valence-electron chi connectivity index (χ2n) is 5.11. The lowest BCUT2D eigenvalue weighted by Gasteiger charge is -2.05. The molecule has 2 rings (SSSR count). The molecule has 0 fully saturated rings. The van der Waals surface area contributed by atoms with Gasteiger partial charge in [0, 0.05) is 24.9 Å². The van der Waals surface area contributed by atoms with Crippen LogP contribution in [0, 0.1) is 0 Å². The normalized spacial score (nSPS) is 10.3. The Morgan fingerprint density at radius 1 is 1.13 bits per heavy atom. The second kappa shape index (κ2) is 8.73. The summed E-state index contributed by atoms with van der Waals surface area (Å²) >= 11 is 0. The lowest BCUT2D eigenvalue weighted by Crippen LogP contribution is -2.37. The van der Waals surface area contributed by atoms with E-state index in [0.717, 1.165) is 12.0 Å². The van der Waals surface area contributed by atoms with Gasteiger partial charge in [0.1, 0.15) is 0 Å². The summed E-state index contributed by atoms with van der Waals surface area (Å²) in [5.41, 5.74) is 0.947. The molecule has 1 aromatic carbocycles. The molecule has 0 atom stereocenters. The molecule has 1 heterocycles. The predicted molar refractivity (Wildman–Crippen MR) is 86.6 cm³/mol. The molecule has 0 saturated carbocycles. The summed E-state index contributed by atoms with van der Waals surface area (Å²) in [7, 11) is 0. The topological polar surface area (TPSA) is 84.2 Å². The molecule has 23 heavy (non-hydrogen) atoms. The number of aromatic nitrogens is 1. The smallest absolute Gasteiger partial charge is 0.239 e. The molecular weight excluding hydrogens is 294 g/mol. The van der Waals surface area contributed by atoms with Crippen LogP contribution in [0.3, 0.4) is 0 Å². The average Bonchev–Trinajstić information content (AvgIpc) is 3.06. The Kier molecular flexibility index (Phi) is 6.35. The van der Waals surface area contributed by atoms with Gasteiger partial charge in [-0.1, -0.05) is 37.3 Å². The quantitative estimate of drug-likeness (QED) is 0.779.